The molecule has 0 bridgehead atoms. The second kappa shape index (κ2) is 14.3. The third-order valence-corrected chi connectivity index (χ3v) is 8.38. The molecule has 2 fully saturated rings. The first-order valence-corrected chi connectivity index (χ1v) is 15.5. The van der Waals surface area contributed by atoms with Crippen molar-refractivity contribution in [2.45, 2.75) is 39.2 Å². The van der Waals surface area contributed by atoms with Gasteiger partial charge in [0.2, 0.25) is 11.9 Å². The topological polar surface area (TPSA) is 112 Å². The number of benzene rings is 2. The Labute approximate surface area is 260 Å². The van der Waals surface area contributed by atoms with Gasteiger partial charge in [-0.3, -0.25) is 9.69 Å². The minimum Gasteiger partial charge on any atom is -0.371 e. The molecule has 0 aliphatic carbocycles. The van der Waals surface area contributed by atoms with Gasteiger partial charge in [-0.25, -0.2) is 4.98 Å². The summed E-state index contributed by atoms with van der Waals surface area (Å²) in [4.78, 5) is 28.9. The zero-order chi connectivity index (χ0) is 31.1. The van der Waals surface area contributed by atoms with Crippen LogP contribution in [-0.2, 0) is 11.2 Å². The summed E-state index contributed by atoms with van der Waals surface area (Å²) in [5.74, 6) is 0.899. The fraction of sp³-hybridized carbons (Fsp3) is 0.412. The maximum absolute atomic E-state index is 12.4. The molecule has 2 aliphatic rings. The zero-order valence-corrected chi connectivity index (χ0v) is 26.0. The molecule has 2 saturated heterocycles. The van der Waals surface area contributed by atoms with Crippen molar-refractivity contribution in [3.05, 3.63) is 72.4 Å². The smallest absolute Gasteiger partial charge is 0.247 e. The zero-order valence-electron chi connectivity index (χ0n) is 26.0. The van der Waals surface area contributed by atoms with E-state index in [1.165, 1.54) is 12.3 Å². The van der Waals surface area contributed by atoms with Gasteiger partial charge in [0.25, 0.3) is 0 Å². The molecule has 230 valence electrons. The van der Waals surface area contributed by atoms with E-state index in [0.29, 0.717) is 40.7 Å². The predicted molar refractivity (Wildman–Crippen MR) is 178 cm³/mol. The van der Waals surface area contributed by atoms with E-state index in [0.717, 1.165) is 75.5 Å². The van der Waals surface area contributed by atoms with Gasteiger partial charge < -0.3 is 25.8 Å². The fourth-order valence-electron chi connectivity index (χ4n) is 5.93. The van der Waals surface area contributed by atoms with Crippen molar-refractivity contribution in [2.75, 3.05) is 67.2 Å². The molecular weight excluding hydrogens is 550 g/mol. The summed E-state index contributed by atoms with van der Waals surface area (Å²) in [6, 6.07) is 16.8. The highest BCUT2D eigenvalue weighted by atomic mass is 16.1. The normalized spacial score (nSPS) is 16.4. The van der Waals surface area contributed by atoms with Crippen LogP contribution in [0.4, 0.5) is 34.5 Å². The van der Waals surface area contributed by atoms with Crippen LogP contribution in [0, 0.1) is 17.2 Å². The van der Waals surface area contributed by atoms with Gasteiger partial charge in [0, 0.05) is 56.7 Å². The van der Waals surface area contributed by atoms with Crippen LogP contribution in [0.3, 0.4) is 0 Å². The van der Waals surface area contributed by atoms with Crippen LogP contribution in [0.15, 0.2) is 61.3 Å². The maximum Gasteiger partial charge on any atom is 0.247 e. The quantitative estimate of drug-likeness (QED) is 0.267. The highest BCUT2D eigenvalue weighted by Gasteiger charge is 2.27. The number of nitriles is 1. The third-order valence-electron chi connectivity index (χ3n) is 8.38. The number of hydrogen-bond acceptors (Lipinski definition) is 9. The third kappa shape index (κ3) is 7.73. The lowest BCUT2D eigenvalue weighted by Crippen LogP contribution is -2.52. The van der Waals surface area contributed by atoms with Crippen LogP contribution >= 0.6 is 0 Å². The molecule has 1 amide bonds. The molecule has 10 heteroatoms. The summed E-state index contributed by atoms with van der Waals surface area (Å²) in [7, 11) is 2.19. The lowest BCUT2D eigenvalue weighted by Gasteiger charge is -2.42. The second-order valence-electron chi connectivity index (χ2n) is 12.1. The molecular formula is C34H43N9O. The highest BCUT2D eigenvalue weighted by molar-refractivity contribution is 6.02. The minimum atomic E-state index is -0.302. The van der Waals surface area contributed by atoms with E-state index >= 15 is 0 Å². The Balaban J connectivity index is 1.34. The number of hydrogen-bond donors (Lipinski definition) is 3. The van der Waals surface area contributed by atoms with Crippen molar-refractivity contribution >= 4 is 40.4 Å². The largest absolute Gasteiger partial charge is 0.371 e. The maximum atomic E-state index is 12.4. The number of amides is 1. The number of aromatic nitrogens is 2. The summed E-state index contributed by atoms with van der Waals surface area (Å²) in [6.45, 7) is 14.4. The van der Waals surface area contributed by atoms with Gasteiger partial charge in [-0.1, -0.05) is 38.6 Å². The number of rotatable bonds is 10. The van der Waals surface area contributed by atoms with Crippen molar-refractivity contribution in [1.82, 2.24) is 19.8 Å². The first-order valence-electron chi connectivity index (χ1n) is 15.5. The van der Waals surface area contributed by atoms with Crippen molar-refractivity contribution in [1.29, 1.82) is 5.26 Å². The van der Waals surface area contributed by atoms with Crippen molar-refractivity contribution in [3.8, 4) is 6.07 Å². The Morgan fingerprint density at radius 2 is 1.80 bits per heavy atom. The van der Waals surface area contributed by atoms with Gasteiger partial charge in [0.1, 0.15) is 11.6 Å². The number of piperazine rings is 1. The van der Waals surface area contributed by atoms with Crippen molar-refractivity contribution in [2.24, 2.45) is 5.92 Å². The predicted octanol–water partition coefficient (Wildman–Crippen LogP) is 5.37. The fourth-order valence-corrected chi connectivity index (χ4v) is 5.93. The van der Waals surface area contributed by atoms with Crippen molar-refractivity contribution < 1.29 is 4.79 Å². The summed E-state index contributed by atoms with van der Waals surface area (Å²) < 4.78 is 0. The van der Waals surface area contributed by atoms with Crippen molar-refractivity contribution in [3.63, 3.8) is 0 Å². The van der Waals surface area contributed by atoms with E-state index in [-0.39, 0.29) is 5.91 Å². The van der Waals surface area contributed by atoms with E-state index in [9.17, 15) is 10.1 Å². The number of likely N-dealkylation sites (N-methyl/N-ethyl adjacent to an activating group) is 1. The number of piperidine rings is 1. The molecule has 44 heavy (non-hydrogen) atoms. The van der Waals surface area contributed by atoms with Crippen LogP contribution < -0.4 is 20.9 Å². The molecule has 0 saturated carbocycles. The van der Waals surface area contributed by atoms with Gasteiger partial charge in [0.05, 0.1) is 17.6 Å². The Morgan fingerprint density at radius 3 is 2.50 bits per heavy atom. The second-order valence-corrected chi connectivity index (χ2v) is 12.1. The lowest BCUT2D eigenvalue weighted by atomic mass is 10.0. The SMILES string of the molecule is C=CC(=O)Nc1cc(N2CCC(N3CCN(C)CC3)CC2)ccc1Nc1ncc(C#N)c(Nc2ccccc2CC(C)C)n1. The van der Waals surface area contributed by atoms with E-state index in [4.69, 9.17) is 0 Å². The summed E-state index contributed by atoms with van der Waals surface area (Å²) >= 11 is 0. The molecule has 0 atom stereocenters. The van der Waals surface area contributed by atoms with E-state index in [1.807, 2.05) is 30.3 Å². The molecule has 10 nitrogen and oxygen atoms in total. The average molecular weight is 594 g/mol. The van der Waals surface area contributed by atoms with E-state index in [2.05, 4.69) is 86.3 Å². The minimum absolute atomic E-state index is 0.302. The first-order chi connectivity index (χ1) is 21.3. The van der Waals surface area contributed by atoms with Gasteiger partial charge in [0.15, 0.2) is 5.82 Å². The van der Waals surface area contributed by atoms with Gasteiger partial charge in [-0.05, 0) is 68.1 Å². The molecule has 3 N–H and O–H groups in total. The van der Waals surface area contributed by atoms with Crippen LogP contribution in [0.1, 0.15) is 37.8 Å². The van der Waals surface area contributed by atoms with Gasteiger partial charge >= 0.3 is 0 Å². The van der Waals surface area contributed by atoms with E-state index < -0.39 is 0 Å². The van der Waals surface area contributed by atoms with Crippen LogP contribution in [0.25, 0.3) is 0 Å². The number of nitrogens with one attached hydrogen (secondary N) is 3. The standard InChI is InChI=1S/C34H43N9O/c1-5-32(44)37-31-21-28(42-14-12-27(13-15-42)43-18-16-41(4)17-19-43)10-11-30(31)39-34-36-23-26(22-35)33(40-34)38-29-9-7-6-8-25(29)20-24(2)3/h5-11,21,23-24,27H,1,12-20H2,2-4H3,(H,37,44)(H2,36,38,39,40). The van der Waals surface area contributed by atoms with Crippen LogP contribution in [-0.4, -0.2) is 78.0 Å². The van der Waals surface area contributed by atoms with Gasteiger partial charge in [-0.15, -0.1) is 0 Å². The number of carbonyl (C=O) groups is 1. The molecule has 2 aromatic carbocycles. The number of carbonyl (C=O) groups excluding carboxylic acids is 1. The summed E-state index contributed by atoms with van der Waals surface area (Å²) in [6.07, 6.45) is 5.89. The molecule has 5 rings (SSSR count). The monoisotopic (exact) mass is 593 g/mol. The number of nitrogens with zero attached hydrogens (tertiary/aromatic N) is 6. The summed E-state index contributed by atoms with van der Waals surface area (Å²) in [5.41, 5.74) is 4.70. The highest BCUT2D eigenvalue weighted by Crippen LogP contribution is 2.33. The van der Waals surface area contributed by atoms with Crippen LogP contribution in [0.5, 0.6) is 0 Å². The van der Waals surface area contributed by atoms with Gasteiger partial charge in [-0.2, -0.15) is 10.2 Å². The Morgan fingerprint density at radius 1 is 1.05 bits per heavy atom. The molecule has 3 aromatic rings. The molecule has 2 aliphatic heterocycles. The number of para-hydroxylation sites is 1. The average Bonchev–Trinajstić information content (AvgIpc) is 3.03. The first kappa shape index (κ1) is 31.0. The van der Waals surface area contributed by atoms with E-state index in [1.54, 1.807) is 0 Å². The lowest BCUT2D eigenvalue weighted by molar-refractivity contribution is -0.111. The van der Waals surface area contributed by atoms with Crippen LogP contribution in [0.2, 0.25) is 0 Å². The molecule has 0 unspecified atom stereocenters. The molecule has 3 heterocycles. The Kier molecular flexibility index (Phi) is 10.1. The molecule has 0 spiro atoms. The Hall–Kier alpha value is -4.46. The molecule has 1 aromatic heterocycles. The Bertz CT molecular complexity index is 1500. The summed E-state index contributed by atoms with van der Waals surface area (Å²) in [5, 5.41) is 19.3. The number of anilines is 6. The molecule has 0 radical (unpaired) electrons.